The van der Waals surface area contributed by atoms with E-state index in [9.17, 15) is 10.2 Å². The first-order valence-electron chi connectivity index (χ1n) is 7.28. The monoisotopic (exact) mass is 302 g/mol. The maximum atomic E-state index is 10.2. The molecule has 4 heteroatoms. The second-order valence-corrected chi connectivity index (χ2v) is 5.16. The topological polar surface area (TPSA) is 58.9 Å². The fourth-order valence-electron chi connectivity index (χ4n) is 2.30. The predicted octanol–water partition coefficient (Wildman–Crippen LogP) is 3.25. The van der Waals surface area contributed by atoms with E-state index < -0.39 is 12.2 Å². The number of rotatable bonds is 7. The van der Waals surface area contributed by atoms with E-state index in [0.717, 1.165) is 22.6 Å². The van der Waals surface area contributed by atoms with Crippen molar-refractivity contribution in [1.82, 2.24) is 0 Å². The third-order valence-electron chi connectivity index (χ3n) is 3.71. The fraction of sp³-hybridized carbons (Fsp3) is 0.333. The van der Waals surface area contributed by atoms with Crippen LogP contribution in [0.15, 0.2) is 48.5 Å². The summed E-state index contributed by atoms with van der Waals surface area (Å²) in [6.45, 7) is 0. The number of aliphatic hydroxyl groups is 2. The molecule has 0 saturated heterocycles. The van der Waals surface area contributed by atoms with E-state index in [4.69, 9.17) is 9.47 Å². The lowest BCUT2D eigenvalue weighted by Gasteiger charge is -2.15. The predicted molar refractivity (Wildman–Crippen MR) is 85.1 cm³/mol. The van der Waals surface area contributed by atoms with E-state index in [1.54, 1.807) is 14.2 Å². The third-order valence-corrected chi connectivity index (χ3v) is 3.71. The van der Waals surface area contributed by atoms with Gasteiger partial charge in [-0.15, -0.1) is 0 Å². The average molecular weight is 302 g/mol. The van der Waals surface area contributed by atoms with Crippen LogP contribution in [0.3, 0.4) is 0 Å². The van der Waals surface area contributed by atoms with E-state index in [1.807, 2.05) is 48.5 Å². The summed E-state index contributed by atoms with van der Waals surface area (Å²) in [5.41, 5.74) is 1.64. The number of hydrogen-bond acceptors (Lipinski definition) is 4. The molecule has 22 heavy (non-hydrogen) atoms. The first-order chi connectivity index (χ1) is 10.6. The van der Waals surface area contributed by atoms with Gasteiger partial charge in [-0.25, -0.2) is 0 Å². The van der Waals surface area contributed by atoms with E-state index in [2.05, 4.69) is 0 Å². The van der Waals surface area contributed by atoms with Gasteiger partial charge in [0.25, 0.3) is 0 Å². The summed E-state index contributed by atoms with van der Waals surface area (Å²) in [5, 5.41) is 20.4. The van der Waals surface area contributed by atoms with Gasteiger partial charge in [-0.05, 0) is 48.2 Å². The van der Waals surface area contributed by atoms with E-state index in [1.165, 1.54) is 0 Å². The van der Waals surface area contributed by atoms with Gasteiger partial charge in [-0.3, -0.25) is 0 Å². The number of ether oxygens (including phenoxy) is 2. The molecule has 0 aliphatic heterocycles. The molecule has 2 N–H and O–H groups in total. The van der Waals surface area contributed by atoms with Crippen LogP contribution in [0.5, 0.6) is 11.5 Å². The van der Waals surface area contributed by atoms with Gasteiger partial charge >= 0.3 is 0 Å². The van der Waals surface area contributed by atoms with Crippen molar-refractivity contribution in [2.45, 2.75) is 25.0 Å². The van der Waals surface area contributed by atoms with Crippen molar-refractivity contribution in [3.05, 3.63) is 59.7 Å². The molecule has 0 aliphatic carbocycles. The summed E-state index contributed by atoms with van der Waals surface area (Å²) in [6.07, 6.45) is -0.225. The van der Waals surface area contributed by atoms with Crippen LogP contribution in [0.4, 0.5) is 0 Å². The number of hydrogen-bond donors (Lipinski definition) is 2. The molecule has 2 rings (SSSR count). The van der Waals surface area contributed by atoms with E-state index >= 15 is 0 Å². The molecular formula is C18H22O4. The number of aliphatic hydroxyl groups excluding tert-OH is 2. The van der Waals surface area contributed by atoms with Crippen molar-refractivity contribution in [2.75, 3.05) is 14.2 Å². The maximum Gasteiger partial charge on any atom is 0.118 e. The van der Waals surface area contributed by atoms with Gasteiger partial charge in [0.05, 0.1) is 26.4 Å². The Labute approximate surface area is 130 Å². The minimum absolute atomic E-state index is 0.486. The first kappa shape index (κ1) is 16.3. The molecule has 0 spiro atoms. The molecule has 0 saturated carbocycles. The standard InChI is InChI=1S/C18H22O4/c1-21-15-7-3-13(4-8-15)17(19)11-12-18(20)14-5-9-16(22-2)10-6-14/h3-10,17-20H,11-12H2,1-2H3/t17-,18-/m1/s1. The van der Waals surface area contributed by atoms with Crippen molar-refractivity contribution in [1.29, 1.82) is 0 Å². The Kier molecular flexibility index (Phi) is 5.81. The SMILES string of the molecule is COc1ccc([C@H](O)CC[C@@H](O)c2ccc(OC)cc2)cc1. The van der Waals surface area contributed by atoms with Crippen molar-refractivity contribution in [3.63, 3.8) is 0 Å². The molecule has 0 radical (unpaired) electrons. The van der Waals surface area contributed by atoms with Crippen LogP contribution < -0.4 is 9.47 Å². The Morgan fingerprint density at radius 3 is 1.27 bits per heavy atom. The first-order valence-corrected chi connectivity index (χ1v) is 7.28. The van der Waals surface area contributed by atoms with Crippen molar-refractivity contribution in [2.24, 2.45) is 0 Å². The minimum Gasteiger partial charge on any atom is -0.497 e. The van der Waals surface area contributed by atoms with Gasteiger partial charge in [0.2, 0.25) is 0 Å². The van der Waals surface area contributed by atoms with Crippen molar-refractivity contribution >= 4 is 0 Å². The zero-order valence-electron chi connectivity index (χ0n) is 12.9. The van der Waals surface area contributed by atoms with Crippen LogP contribution >= 0.6 is 0 Å². The molecule has 4 nitrogen and oxygen atoms in total. The van der Waals surface area contributed by atoms with Gasteiger partial charge in [0, 0.05) is 0 Å². The van der Waals surface area contributed by atoms with Gasteiger partial charge < -0.3 is 19.7 Å². The molecule has 0 unspecified atom stereocenters. The fourth-order valence-corrected chi connectivity index (χ4v) is 2.30. The smallest absolute Gasteiger partial charge is 0.118 e. The normalized spacial score (nSPS) is 13.5. The molecule has 0 bridgehead atoms. The van der Waals surface area contributed by atoms with Gasteiger partial charge in [-0.2, -0.15) is 0 Å². The van der Waals surface area contributed by atoms with Crippen molar-refractivity contribution < 1.29 is 19.7 Å². The summed E-state index contributed by atoms with van der Waals surface area (Å²) in [4.78, 5) is 0. The zero-order chi connectivity index (χ0) is 15.9. The Balaban J connectivity index is 1.89. The molecule has 0 aliphatic rings. The van der Waals surface area contributed by atoms with Gasteiger partial charge in [0.15, 0.2) is 0 Å². The highest BCUT2D eigenvalue weighted by atomic mass is 16.5. The molecule has 0 amide bonds. The van der Waals surface area contributed by atoms with E-state index in [-0.39, 0.29) is 0 Å². The lowest BCUT2D eigenvalue weighted by atomic mass is 9.99. The maximum absolute atomic E-state index is 10.2. The molecule has 0 fully saturated rings. The van der Waals surface area contributed by atoms with E-state index in [0.29, 0.717) is 12.8 Å². The summed E-state index contributed by atoms with van der Waals surface area (Å²) in [6, 6.07) is 14.6. The number of benzene rings is 2. The van der Waals surface area contributed by atoms with Gasteiger partial charge in [-0.1, -0.05) is 24.3 Å². The highest BCUT2D eigenvalue weighted by Gasteiger charge is 2.13. The highest BCUT2D eigenvalue weighted by molar-refractivity contribution is 5.29. The van der Waals surface area contributed by atoms with Crippen LogP contribution in [-0.4, -0.2) is 24.4 Å². The summed E-state index contributed by atoms with van der Waals surface area (Å²) >= 11 is 0. The molecular weight excluding hydrogens is 280 g/mol. The molecule has 2 aromatic rings. The number of methoxy groups -OCH3 is 2. The highest BCUT2D eigenvalue weighted by Crippen LogP contribution is 2.27. The molecule has 2 aromatic carbocycles. The second-order valence-electron chi connectivity index (χ2n) is 5.16. The van der Waals surface area contributed by atoms with Crippen LogP contribution in [0.25, 0.3) is 0 Å². The lowest BCUT2D eigenvalue weighted by molar-refractivity contribution is 0.115. The third kappa shape index (κ3) is 4.23. The zero-order valence-corrected chi connectivity index (χ0v) is 12.9. The van der Waals surface area contributed by atoms with Crippen LogP contribution in [0.2, 0.25) is 0 Å². The minimum atomic E-state index is -0.598. The van der Waals surface area contributed by atoms with Gasteiger partial charge in [0.1, 0.15) is 11.5 Å². The molecule has 0 aromatic heterocycles. The largest absolute Gasteiger partial charge is 0.497 e. The Morgan fingerprint density at radius 2 is 1.00 bits per heavy atom. The molecule has 118 valence electrons. The Hall–Kier alpha value is -2.04. The Morgan fingerprint density at radius 1 is 0.682 bits per heavy atom. The van der Waals surface area contributed by atoms with Crippen molar-refractivity contribution in [3.8, 4) is 11.5 Å². The second kappa shape index (κ2) is 7.82. The average Bonchev–Trinajstić information content (AvgIpc) is 2.59. The van der Waals surface area contributed by atoms with Crippen LogP contribution in [0, 0.1) is 0 Å². The summed E-state index contributed by atoms with van der Waals surface area (Å²) < 4.78 is 10.2. The molecule has 0 heterocycles. The summed E-state index contributed by atoms with van der Waals surface area (Å²) in [7, 11) is 3.22. The lowest BCUT2D eigenvalue weighted by Crippen LogP contribution is -2.03. The van der Waals surface area contributed by atoms with Crippen LogP contribution in [0.1, 0.15) is 36.2 Å². The van der Waals surface area contributed by atoms with Crippen LogP contribution in [-0.2, 0) is 0 Å². The summed E-state index contributed by atoms with van der Waals surface area (Å²) in [5.74, 6) is 1.52. The quantitative estimate of drug-likeness (QED) is 0.824. The Bertz CT molecular complexity index is 509. The molecule has 2 atom stereocenters.